The van der Waals surface area contributed by atoms with Crippen molar-refractivity contribution in [3.8, 4) is 0 Å². The van der Waals surface area contributed by atoms with Gasteiger partial charge in [0, 0.05) is 19.6 Å². The molecule has 0 bridgehead atoms. The van der Waals surface area contributed by atoms with E-state index in [4.69, 9.17) is 14.6 Å². The van der Waals surface area contributed by atoms with E-state index in [-0.39, 0.29) is 39.5 Å². The van der Waals surface area contributed by atoms with Gasteiger partial charge in [0.15, 0.2) is 0 Å². The first kappa shape index (κ1) is 20.3. The zero-order valence-electron chi connectivity index (χ0n) is 15.0. The Morgan fingerprint density at radius 2 is 1.41 bits per heavy atom. The van der Waals surface area contributed by atoms with Crippen LogP contribution in [0.5, 0.6) is 0 Å². The van der Waals surface area contributed by atoms with Gasteiger partial charge in [-0.2, -0.15) is 0 Å². The van der Waals surface area contributed by atoms with Crippen LogP contribution in [0.1, 0.15) is 11.1 Å². The number of hydrogen-bond donors (Lipinski definition) is 2. The van der Waals surface area contributed by atoms with Gasteiger partial charge in [-0.3, -0.25) is 0 Å². The summed E-state index contributed by atoms with van der Waals surface area (Å²) in [4.78, 5) is 25.2. The van der Waals surface area contributed by atoms with Crippen LogP contribution in [0.2, 0.25) is 0 Å². The molecule has 0 aliphatic heterocycles. The molecule has 2 amide bonds. The number of aliphatic hydroxyl groups excluding tert-OH is 1. The van der Waals surface area contributed by atoms with E-state index in [1.807, 2.05) is 60.7 Å². The number of nitrogens with zero attached hydrogens (tertiary/aromatic N) is 1. The Morgan fingerprint density at radius 1 is 0.852 bits per heavy atom. The number of carbonyl (C=O) groups is 2. The van der Waals surface area contributed by atoms with Gasteiger partial charge in [-0.15, -0.1) is 0 Å². The molecule has 0 aliphatic rings. The fourth-order valence-corrected chi connectivity index (χ4v) is 2.29. The van der Waals surface area contributed by atoms with Gasteiger partial charge in [0.25, 0.3) is 0 Å². The third-order valence-electron chi connectivity index (χ3n) is 3.70. The second-order valence-corrected chi connectivity index (χ2v) is 5.74. The lowest BCUT2D eigenvalue weighted by Gasteiger charge is -2.21. The maximum absolute atomic E-state index is 12.1. The average molecular weight is 372 g/mol. The third-order valence-corrected chi connectivity index (χ3v) is 3.70. The maximum Gasteiger partial charge on any atom is 0.410 e. The van der Waals surface area contributed by atoms with Crippen molar-refractivity contribution in [2.45, 2.75) is 13.2 Å². The van der Waals surface area contributed by atoms with Crippen LogP contribution in [-0.4, -0.2) is 48.4 Å². The summed E-state index contributed by atoms with van der Waals surface area (Å²) in [5.41, 5.74) is 1.76. The number of hydrogen-bond acceptors (Lipinski definition) is 5. The minimum Gasteiger partial charge on any atom is -0.445 e. The van der Waals surface area contributed by atoms with E-state index in [2.05, 4.69) is 5.32 Å². The zero-order valence-corrected chi connectivity index (χ0v) is 15.0. The quantitative estimate of drug-likeness (QED) is 0.706. The van der Waals surface area contributed by atoms with Crippen LogP contribution in [-0.2, 0) is 22.7 Å². The van der Waals surface area contributed by atoms with E-state index in [1.165, 1.54) is 4.90 Å². The van der Waals surface area contributed by atoms with Crippen LogP contribution in [0, 0.1) is 0 Å². The summed E-state index contributed by atoms with van der Waals surface area (Å²) in [6.45, 7) is 0.635. The molecule has 0 spiro atoms. The standard InChI is InChI=1S/C20H24N2O5/c23-14-13-22(20(25)27-16-18-9-5-2-6-10-18)12-11-21-19(24)26-15-17-7-3-1-4-8-17/h1-10,23H,11-16H2,(H,21,24). The van der Waals surface area contributed by atoms with Gasteiger partial charge in [0.2, 0.25) is 0 Å². The number of amides is 2. The number of aliphatic hydroxyl groups is 1. The molecule has 0 unspecified atom stereocenters. The smallest absolute Gasteiger partial charge is 0.410 e. The molecule has 144 valence electrons. The van der Waals surface area contributed by atoms with E-state index >= 15 is 0 Å². The van der Waals surface area contributed by atoms with Crippen molar-refractivity contribution in [2.75, 3.05) is 26.2 Å². The predicted molar refractivity (Wildman–Crippen MR) is 99.9 cm³/mol. The van der Waals surface area contributed by atoms with Crippen LogP contribution < -0.4 is 5.32 Å². The van der Waals surface area contributed by atoms with E-state index in [0.717, 1.165) is 11.1 Å². The van der Waals surface area contributed by atoms with Gasteiger partial charge >= 0.3 is 12.2 Å². The van der Waals surface area contributed by atoms with Crippen LogP contribution in [0.25, 0.3) is 0 Å². The van der Waals surface area contributed by atoms with Crippen LogP contribution in [0.15, 0.2) is 60.7 Å². The molecule has 2 N–H and O–H groups in total. The monoisotopic (exact) mass is 372 g/mol. The molecule has 7 heteroatoms. The summed E-state index contributed by atoms with van der Waals surface area (Å²) in [5.74, 6) is 0. The summed E-state index contributed by atoms with van der Waals surface area (Å²) < 4.78 is 10.3. The molecule has 2 aromatic carbocycles. The van der Waals surface area contributed by atoms with Crippen molar-refractivity contribution in [2.24, 2.45) is 0 Å². The van der Waals surface area contributed by atoms with Gasteiger partial charge in [-0.1, -0.05) is 60.7 Å². The fourth-order valence-electron chi connectivity index (χ4n) is 2.29. The summed E-state index contributed by atoms with van der Waals surface area (Å²) in [7, 11) is 0. The van der Waals surface area contributed by atoms with Crippen LogP contribution in [0.3, 0.4) is 0 Å². The number of alkyl carbamates (subject to hydrolysis) is 1. The fraction of sp³-hybridized carbons (Fsp3) is 0.300. The van der Waals surface area contributed by atoms with E-state index < -0.39 is 12.2 Å². The number of carbonyl (C=O) groups excluding carboxylic acids is 2. The molecule has 0 radical (unpaired) electrons. The van der Waals surface area contributed by atoms with Crippen molar-refractivity contribution in [1.82, 2.24) is 10.2 Å². The summed E-state index contributed by atoms with van der Waals surface area (Å²) in [6, 6.07) is 18.6. The molecule has 27 heavy (non-hydrogen) atoms. The topological polar surface area (TPSA) is 88.1 Å². The van der Waals surface area contributed by atoms with E-state index in [9.17, 15) is 9.59 Å². The first-order chi connectivity index (χ1) is 13.2. The lowest BCUT2D eigenvalue weighted by atomic mass is 10.2. The molecule has 2 aromatic rings. The predicted octanol–water partition coefficient (Wildman–Crippen LogP) is 2.54. The molecule has 0 saturated carbocycles. The third kappa shape index (κ3) is 7.79. The molecular formula is C20H24N2O5. The summed E-state index contributed by atoms with van der Waals surface area (Å²) >= 11 is 0. The zero-order chi connectivity index (χ0) is 19.3. The average Bonchev–Trinajstić information content (AvgIpc) is 2.71. The van der Waals surface area contributed by atoms with E-state index in [1.54, 1.807) is 0 Å². The van der Waals surface area contributed by atoms with Gasteiger partial charge in [0.1, 0.15) is 13.2 Å². The highest BCUT2D eigenvalue weighted by Crippen LogP contribution is 2.03. The molecule has 0 saturated heterocycles. The Bertz CT molecular complexity index is 694. The molecule has 0 aromatic heterocycles. The highest BCUT2D eigenvalue weighted by Gasteiger charge is 2.15. The highest BCUT2D eigenvalue weighted by molar-refractivity contribution is 5.68. The van der Waals surface area contributed by atoms with Gasteiger partial charge < -0.3 is 24.8 Å². The van der Waals surface area contributed by atoms with Crippen molar-refractivity contribution >= 4 is 12.2 Å². The van der Waals surface area contributed by atoms with Crippen molar-refractivity contribution < 1.29 is 24.2 Å². The molecule has 7 nitrogen and oxygen atoms in total. The highest BCUT2D eigenvalue weighted by atomic mass is 16.6. The first-order valence-electron chi connectivity index (χ1n) is 8.70. The van der Waals surface area contributed by atoms with Gasteiger partial charge in [-0.05, 0) is 11.1 Å². The molecule has 0 atom stereocenters. The Labute approximate surface area is 158 Å². The molecule has 0 heterocycles. The van der Waals surface area contributed by atoms with Crippen molar-refractivity contribution in [3.05, 3.63) is 71.8 Å². The second-order valence-electron chi connectivity index (χ2n) is 5.74. The number of ether oxygens (including phenoxy) is 2. The largest absolute Gasteiger partial charge is 0.445 e. The Morgan fingerprint density at radius 3 is 1.96 bits per heavy atom. The second kappa shape index (κ2) is 11.5. The number of benzene rings is 2. The minimum atomic E-state index is -0.569. The van der Waals surface area contributed by atoms with Crippen LogP contribution in [0.4, 0.5) is 9.59 Å². The first-order valence-corrected chi connectivity index (χ1v) is 8.70. The minimum absolute atomic E-state index is 0.119. The molecular weight excluding hydrogens is 348 g/mol. The normalized spacial score (nSPS) is 10.1. The molecule has 2 rings (SSSR count). The Hall–Kier alpha value is -3.06. The van der Waals surface area contributed by atoms with Crippen LogP contribution >= 0.6 is 0 Å². The van der Waals surface area contributed by atoms with Gasteiger partial charge in [-0.25, -0.2) is 9.59 Å². The van der Waals surface area contributed by atoms with E-state index in [0.29, 0.717) is 0 Å². The lowest BCUT2D eigenvalue weighted by Crippen LogP contribution is -2.40. The summed E-state index contributed by atoms with van der Waals surface area (Å²) in [5, 5.41) is 11.7. The Kier molecular flexibility index (Phi) is 8.65. The Balaban J connectivity index is 1.69. The van der Waals surface area contributed by atoms with Crippen molar-refractivity contribution in [1.29, 1.82) is 0 Å². The number of rotatable bonds is 9. The number of nitrogens with one attached hydrogen (secondary N) is 1. The molecule has 0 fully saturated rings. The SMILES string of the molecule is O=C(NCCN(CCO)C(=O)OCc1ccccc1)OCc1ccccc1. The summed E-state index contributed by atoms with van der Waals surface area (Å²) in [6.07, 6.45) is -1.12. The van der Waals surface area contributed by atoms with Crippen molar-refractivity contribution in [3.63, 3.8) is 0 Å². The molecule has 0 aliphatic carbocycles. The van der Waals surface area contributed by atoms with Gasteiger partial charge in [0.05, 0.1) is 6.61 Å². The lowest BCUT2D eigenvalue weighted by molar-refractivity contribution is 0.0878. The maximum atomic E-state index is 12.1.